The van der Waals surface area contributed by atoms with Crippen LogP contribution in [0.5, 0.6) is 5.88 Å². The van der Waals surface area contributed by atoms with E-state index >= 15 is 0 Å². The van der Waals surface area contributed by atoms with E-state index in [9.17, 15) is 4.79 Å². The van der Waals surface area contributed by atoms with Gasteiger partial charge in [-0.25, -0.2) is 0 Å². The molecule has 0 fully saturated rings. The fourth-order valence-electron chi connectivity index (χ4n) is 2.35. The number of aromatic nitrogens is 2. The number of hydrogen-bond donors (Lipinski definition) is 0. The second-order valence-corrected chi connectivity index (χ2v) is 6.08. The summed E-state index contributed by atoms with van der Waals surface area (Å²) in [7, 11) is 1.79. The topological polar surface area (TPSA) is 44.1 Å². The number of benzene rings is 2. The van der Waals surface area contributed by atoms with Gasteiger partial charge in [-0.1, -0.05) is 53.5 Å². The van der Waals surface area contributed by atoms with Gasteiger partial charge >= 0.3 is 0 Å². The quantitative estimate of drug-likeness (QED) is 0.614. The first-order valence-electron chi connectivity index (χ1n) is 7.23. The zero-order chi connectivity index (χ0) is 17.1. The number of rotatable bonds is 5. The zero-order valence-electron chi connectivity index (χ0n) is 12.9. The average molecular weight is 361 g/mol. The Bertz CT molecular complexity index is 876. The van der Waals surface area contributed by atoms with Gasteiger partial charge in [0, 0.05) is 24.4 Å². The summed E-state index contributed by atoms with van der Waals surface area (Å²) < 4.78 is 7.49. The van der Waals surface area contributed by atoms with Gasteiger partial charge in [0.1, 0.15) is 6.61 Å². The second kappa shape index (κ2) is 7.07. The Hall–Kier alpha value is -2.30. The summed E-state index contributed by atoms with van der Waals surface area (Å²) in [6.45, 7) is 0.386. The molecule has 0 N–H and O–H groups in total. The molecule has 0 aliphatic rings. The average Bonchev–Trinajstić information content (AvgIpc) is 2.95. The Morgan fingerprint density at radius 2 is 1.88 bits per heavy atom. The number of ether oxygens (including phenoxy) is 1. The van der Waals surface area contributed by atoms with Crippen LogP contribution in [0, 0.1) is 0 Å². The molecular formula is C18H14Cl2N2O2. The van der Waals surface area contributed by atoms with Crippen molar-refractivity contribution in [3.8, 4) is 17.0 Å². The second-order valence-electron chi connectivity index (χ2n) is 5.27. The number of aldehydes is 1. The van der Waals surface area contributed by atoms with E-state index in [0.717, 1.165) is 5.56 Å². The van der Waals surface area contributed by atoms with E-state index in [-0.39, 0.29) is 0 Å². The molecule has 1 heterocycles. The molecule has 0 atom stereocenters. The SMILES string of the molecule is Cn1cc(-c2cc(C=O)c(Cl)cc2Cl)c(OCc2ccccc2)n1. The molecule has 6 heteroatoms. The number of nitrogens with zero attached hydrogens (tertiary/aromatic N) is 2. The highest BCUT2D eigenvalue weighted by Crippen LogP contribution is 2.37. The number of halogens is 2. The van der Waals surface area contributed by atoms with Crippen molar-refractivity contribution in [2.45, 2.75) is 6.61 Å². The summed E-state index contributed by atoms with van der Waals surface area (Å²) in [6.07, 6.45) is 2.49. The first-order chi connectivity index (χ1) is 11.6. The summed E-state index contributed by atoms with van der Waals surface area (Å²) in [5.74, 6) is 0.447. The maximum atomic E-state index is 11.1. The van der Waals surface area contributed by atoms with E-state index in [1.54, 1.807) is 30.1 Å². The van der Waals surface area contributed by atoms with Crippen molar-refractivity contribution in [1.82, 2.24) is 9.78 Å². The largest absolute Gasteiger partial charge is 0.471 e. The van der Waals surface area contributed by atoms with Crippen LogP contribution >= 0.6 is 23.2 Å². The van der Waals surface area contributed by atoms with Crippen molar-refractivity contribution in [3.05, 3.63) is 69.8 Å². The molecule has 0 amide bonds. The summed E-state index contributed by atoms with van der Waals surface area (Å²) >= 11 is 12.3. The zero-order valence-corrected chi connectivity index (χ0v) is 14.4. The number of carbonyl (C=O) groups excluding carboxylic acids is 1. The van der Waals surface area contributed by atoms with Gasteiger partial charge in [0.15, 0.2) is 6.29 Å². The standard InChI is InChI=1S/C18H14Cl2N2O2/c1-22-9-15(14-7-13(10-23)16(19)8-17(14)20)18(21-22)24-11-12-5-3-2-4-6-12/h2-10H,11H2,1H3. The van der Waals surface area contributed by atoms with Gasteiger partial charge < -0.3 is 4.74 Å². The first-order valence-corrected chi connectivity index (χ1v) is 7.99. The normalized spacial score (nSPS) is 10.6. The molecule has 1 aromatic heterocycles. The van der Waals surface area contributed by atoms with Crippen LogP contribution in [0.15, 0.2) is 48.7 Å². The Kier molecular flexibility index (Phi) is 4.88. The summed E-state index contributed by atoms with van der Waals surface area (Å²) in [5, 5.41) is 5.08. The summed E-state index contributed by atoms with van der Waals surface area (Å²) in [4.78, 5) is 11.1. The van der Waals surface area contributed by atoms with Gasteiger partial charge in [-0.05, 0) is 17.7 Å². The lowest BCUT2D eigenvalue weighted by atomic mass is 10.1. The van der Waals surface area contributed by atoms with Gasteiger partial charge in [0.25, 0.3) is 0 Å². The van der Waals surface area contributed by atoms with Crippen LogP contribution < -0.4 is 4.74 Å². The highest BCUT2D eigenvalue weighted by Gasteiger charge is 2.16. The molecule has 0 bridgehead atoms. The third-order valence-electron chi connectivity index (χ3n) is 3.52. The molecule has 3 aromatic rings. The van der Waals surface area contributed by atoms with Gasteiger partial charge in [0.05, 0.1) is 15.6 Å². The molecule has 24 heavy (non-hydrogen) atoms. The third kappa shape index (κ3) is 3.45. The van der Waals surface area contributed by atoms with Gasteiger partial charge in [0.2, 0.25) is 5.88 Å². The molecule has 0 aliphatic carbocycles. The van der Waals surface area contributed by atoms with E-state index in [1.807, 2.05) is 30.3 Å². The van der Waals surface area contributed by atoms with E-state index in [2.05, 4.69) is 5.10 Å². The highest BCUT2D eigenvalue weighted by atomic mass is 35.5. The fourth-order valence-corrected chi connectivity index (χ4v) is 2.88. The predicted molar refractivity (Wildman–Crippen MR) is 94.8 cm³/mol. The molecule has 0 saturated carbocycles. The van der Waals surface area contributed by atoms with Crippen molar-refractivity contribution < 1.29 is 9.53 Å². The third-order valence-corrected chi connectivity index (χ3v) is 4.16. The van der Waals surface area contributed by atoms with Crippen LogP contribution in [0.25, 0.3) is 11.1 Å². The number of hydrogen-bond acceptors (Lipinski definition) is 3. The minimum atomic E-state index is 0.314. The Morgan fingerprint density at radius 1 is 1.12 bits per heavy atom. The van der Waals surface area contributed by atoms with E-state index in [0.29, 0.717) is 45.5 Å². The molecular weight excluding hydrogens is 347 g/mol. The number of carbonyl (C=O) groups is 1. The van der Waals surface area contributed by atoms with Crippen molar-refractivity contribution in [3.63, 3.8) is 0 Å². The Morgan fingerprint density at radius 3 is 2.58 bits per heavy atom. The number of aryl methyl sites for hydroxylation is 1. The fraction of sp³-hybridized carbons (Fsp3) is 0.111. The van der Waals surface area contributed by atoms with Gasteiger partial charge in [-0.2, -0.15) is 0 Å². The minimum Gasteiger partial charge on any atom is -0.471 e. The van der Waals surface area contributed by atoms with Crippen LogP contribution in [0.4, 0.5) is 0 Å². The molecule has 4 nitrogen and oxygen atoms in total. The van der Waals surface area contributed by atoms with Crippen molar-refractivity contribution in [1.29, 1.82) is 0 Å². The smallest absolute Gasteiger partial charge is 0.241 e. The molecule has 0 aliphatic heterocycles. The molecule has 0 radical (unpaired) electrons. The molecule has 122 valence electrons. The van der Waals surface area contributed by atoms with Crippen LogP contribution in [0.3, 0.4) is 0 Å². The summed E-state index contributed by atoms with van der Waals surface area (Å²) in [6, 6.07) is 13.0. The lowest BCUT2D eigenvalue weighted by molar-refractivity contribution is 0.112. The molecule has 0 spiro atoms. The van der Waals surface area contributed by atoms with Gasteiger partial charge in [-0.3, -0.25) is 9.48 Å². The monoisotopic (exact) mass is 360 g/mol. The maximum absolute atomic E-state index is 11.1. The van der Waals surface area contributed by atoms with Crippen molar-refractivity contribution >= 4 is 29.5 Å². The Labute approximate surface area is 149 Å². The van der Waals surface area contributed by atoms with E-state index in [1.165, 1.54) is 0 Å². The first kappa shape index (κ1) is 16.6. The van der Waals surface area contributed by atoms with Crippen molar-refractivity contribution in [2.75, 3.05) is 0 Å². The highest BCUT2D eigenvalue weighted by molar-refractivity contribution is 6.37. The predicted octanol–water partition coefficient (Wildman–Crippen LogP) is 4.79. The maximum Gasteiger partial charge on any atom is 0.241 e. The lowest BCUT2D eigenvalue weighted by Gasteiger charge is -2.08. The van der Waals surface area contributed by atoms with Crippen LogP contribution in [-0.2, 0) is 13.7 Å². The molecule has 0 saturated heterocycles. The molecule has 2 aromatic carbocycles. The minimum absolute atomic E-state index is 0.314. The van der Waals surface area contributed by atoms with E-state index < -0.39 is 0 Å². The van der Waals surface area contributed by atoms with Gasteiger partial charge in [-0.15, -0.1) is 5.10 Å². The van der Waals surface area contributed by atoms with Crippen LogP contribution in [0.1, 0.15) is 15.9 Å². The van der Waals surface area contributed by atoms with Crippen molar-refractivity contribution in [2.24, 2.45) is 7.05 Å². The van der Waals surface area contributed by atoms with Crippen LogP contribution in [-0.4, -0.2) is 16.1 Å². The molecule has 0 unspecified atom stereocenters. The Balaban J connectivity index is 1.96. The lowest BCUT2D eigenvalue weighted by Crippen LogP contribution is -1.98. The van der Waals surface area contributed by atoms with Crippen LogP contribution in [0.2, 0.25) is 10.0 Å². The molecule has 3 rings (SSSR count). The summed E-state index contributed by atoms with van der Waals surface area (Å²) in [5.41, 5.74) is 2.76. The van der Waals surface area contributed by atoms with E-state index in [4.69, 9.17) is 27.9 Å².